The Bertz CT molecular complexity index is 942. The summed E-state index contributed by atoms with van der Waals surface area (Å²) >= 11 is 6.40. The second-order valence-electron chi connectivity index (χ2n) is 5.85. The molecule has 2 amide bonds. The molecular formula is C21H18N2O3S2. The van der Waals surface area contributed by atoms with E-state index in [2.05, 4.69) is 12.0 Å². The van der Waals surface area contributed by atoms with Crippen molar-refractivity contribution >= 4 is 46.2 Å². The van der Waals surface area contributed by atoms with Crippen molar-refractivity contribution < 1.29 is 14.3 Å². The first-order valence-electron chi connectivity index (χ1n) is 8.52. The lowest BCUT2D eigenvalue weighted by Gasteiger charge is -2.15. The number of carbonyl (C=O) groups excluding carboxylic acids is 2. The van der Waals surface area contributed by atoms with E-state index in [9.17, 15) is 9.59 Å². The van der Waals surface area contributed by atoms with Gasteiger partial charge in [-0.15, -0.1) is 0 Å². The normalized spacial score (nSPS) is 15.0. The molecule has 1 N–H and O–H groups in total. The van der Waals surface area contributed by atoms with Crippen molar-refractivity contribution in [2.24, 2.45) is 0 Å². The largest absolute Gasteiger partial charge is 0.489 e. The van der Waals surface area contributed by atoms with Gasteiger partial charge in [-0.05, 0) is 29.9 Å². The van der Waals surface area contributed by atoms with Crippen LogP contribution in [-0.4, -0.2) is 27.8 Å². The van der Waals surface area contributed by atoms with Crippen molar-refractivity contribution in [3.63, 3.8) is 0 Å². The molecule has 0 aromatic heterocycles. The van der Waals surface area contributed by atoms with Gasteiger partial charge in [0.1, 0.15) is 12.4 Å². The van der Waals surface area contributed by atoms with E-state index in [1.165, 1.54) is 0 Å². The fourth-order valence-corrected chi connectivity index (χ4v) is 3.70. The number of benzene rings is 2. The van der Waals surface area contributed by atoms with Gasteiger partial charge < -0.3 is 4.74 Å². The molecule has 0 spiro atoms. The molecule has 7 heteroatoms. The monoisotopic (exact) mass is 410 g/mol. The topological polar surface area (TPSA) is 58.6 Å². The van der Waals surface area contributed by atoms with Crippen LogP contribution in [0.3, 0.4) is 0 Å². The molecule has 0 aliphatic carbocycles. The number of ether oxygens (including phenoxy) is 1. The average molecular weight is 411 g/mol. The zero-order valence-corrected chi connectivity index (χ0v) is 16.6. The molecule has 1 aliphatic heterocycles. The van der Waals surface area contributed by atoms with Crippen LogP contribution in [0.15, 0.2) is 72.2 Å². The molecule has 1 heterocycles. The maximum atomic E-state index is 12.7. The van der Waals surface area contributed by atoms with Crippen molar-refractivity contribution in [1.82, 2.24) is 10.4 Å². The molecule has 2 aromatic rings. The second-order valence-corrected chi connectivity index (χ2v) is 7.53. The molecule has 1 saturated heterocycles. The molecule has 1 fully saturated rings. The summed E-state index contributed by atoms with van der Waals surface area (Å²) < 4.78 is 5.90. The predicted octanol–water partition coefficient (Wildman–Crippen LogP) is 3.73. The van der Waals surface area contributed by atoms with Crippen LogP contribution in [0.1, 0.15) is 11.1 Å². The number of thioether (sulfide) groups is 1. The van der Waals surface area contributed by atoms with Crippen molar-refractivity contribution in [2.45, 2.75) is 6.42 Å². The van der Waals surface area contributed by atoms with Crippen LogP contribution in [-0.2, 0) is 16.0 Å². The van der Waals surface area contributed by atoms with Gasteiger partial charge in [0, 0.05) is 5.56 Å². The van der Waals surface area contributed by atoms with Crippen LogP contribution in [0.4, 0.5) is 0 Å². The first-order valence-corrected chi connectivity index (χ1v) is 9.75. The van der Waals surface area contributed by atoms with E-state index in [4.69, 9.17) is 17.0 Å². The summed E-state index contributed by atoms with van der Waals surface area (Å²) in [6, 6.07) is 16.7. The van der Waals surface area contributed by atoms with Gasteiger partial charge >= 0.3 is 0 Å². The Morgan fingerprint density at radius 1 is 1.18 bits per heavy atom. The third-order valence-electron chi connectivity index (χ3n) is 3.80. The Hall–Kier alpha value is -2.90. The third kappa shape index (κ3) is 4.88. The van der Waals surface area contributed by atoms with Gasteiger partial charge in [-0.1, -0.05) is 72.9 Å². The Morgan fingerprint density at radius 3 is 2.64 bits per heavy atom. The minimum Gasteiger partial charge on any atom is -0.489 e. The highest BCUT2D eigenvalue weighted by atomic mass is 32.2. The van der Waals surface area contributed by atoms with Crippen LogP contribution in [0, 0.1) is 0 Å². The minimum absolute atomic E-state index is 0.162. The van der Waals surface area contributed by atoms with Crippen LogP contribution in [0.5, 0.6) is 5.75 Å². The van der Waals surface area contributed by atoms with Crippen LogP contribution >= 0.6 is 24.0 Å². The summed E-state index contributed by atoms with van der Waals surface area (Å²) in [6.07, 6.45) is 3.52. The molecule has 1 aliphatic rings. The highest BCUT2D eigenvalue weighted by Crippen LogP contribution is 2.33. The van der Waals surface area contributed by atoms with Crippen LogP contribution in [0.2, 0.25) is 0 Å². The molecule has 0 atom stereocenters. The summed E-state index contributed by atoms with van der Waals surface area (Å²) in [5.74, 6) is -0.0332. The highest BCUT2D eigenvalue weighted by molar-refractivity contribution is 8.26. The fourth-order valence-electron chi connectivity index (χ4n) is 2.53. The third-order valence-corrected chi connectivity index (χ3v) is 5.10. The maximum Gasteiger partial charge on any atom is 0.285 e. The van der Waals surface area contributed by atoms with E-state index >= 15 is 0 Å². The summed E-state index contributed by atoms with van der Waals surface area (Å²) in [7, 11) is 0. The molecule has 0 bridgehead atoms. The van der Waals surface area contributed by atoms with Crippen LogP contribution < -0.4 is 10.2 Å². The van der Waals surface area contributed by atoms with Gasteiger partial charge in [0.15, 0.2) is 4.32 Å². The van der Waals surface area contributed by atoms with Gasteiger partial charge in [0.25, 0.3) is 5.91 Å². The molecule has 0 saturated carbocycles. The summed E-state index contributed by atoms with van der Waals surface area (Å²) in [5, 5.41) is 1.12. The standard InChI is InChI=1S/C21H18N2O3S2/c1-2-12-26-17-11-7-6-10-16(17)14-18-20(25)23(21(27)28-18)22-19(24)13-15-8-4-3-5-9-15/h2-11,14H,1,12-13H2,(H,22,24)/b18-14-. The van der Waals surface area contributed by atoms with Crippen molar-refractivity contribution in [3.8, 4) is 5.75 Å². The lowest BCUT2D eigenvalue weighted by atomic mass is 10.1. The molecular weight excluding hydrogens is 392 g/mol. The van der Waals surface area contributed by atoms with E-state index in [-0.39, 0.29) is 22.6 Å². The average Bonchev–Trinajstić information content (AvgIpc) is 2.95. The molecule has 2 aromatic carbocycles. The number of para-hydroxylation sites is 1. The Labute approximate surface area is 173 Å². The van der Waals surface area contributed by atoms with Crippen molar-refractivity contribution in [3.05, 3.63) is 83.3 Å². The van der Waals surface area contributed by atoms with Gasteiger partial charge in [0.2, 0.25) is 5.91 Å². The van der Waals surface area contributed by atoms with E-state index in [0.717, 1.165) is 27.9 Å². The summed E-state index contributed by atoms with van der Waals surface area (Å²) in [6.45, 7) is 4.00. The smallest absolute Gasteiger partial charge is 0.285 e. The Kier molecular flexibility index (Phi) is 6.62. The van der Waals surface area contributed by atoms with Crippen molar-refractivity contribution in [1.29, 1.82) is 0 Å². The van der Waals surface area contributed by atoms with Crippen LogP contribution in [0.25, 0.3) is 6.08 Å². The first-order chi connectivity index (χ1) is 13.6. The first kappa shape index (κ1) is 19.9. The van der Waals surface area contributed by atoms with E-state index in [0.29, 0.717) is 17.3 Å². The second kappa shape index (κ2) is 9.34. The van der Waals surface area contributed by atoms with E-state index in [1.807, 2.05) is 54.6 Å². The number of rotatable bonds is 7. The fraction of sp³-hybridized carbons (Fsp3) is 0.0952. The number of thiocarbonyl (C=S) groups is 1. The van der Waals surface area contributed by atoms with E-state index < -0.39 is 0 Å². The lowest BCUT2D eigenvalue weighted by molar-refractivity contribution is -0.132. The molecule has 28 heavy (non-hydrogen) atoms. The highest BCUT2D eigenvalue weighted by Gasteiger charge is 2.33. The number of nitrogens with one attached hydrogen (secondary N) is 1. The molecule has 5 nitrogen and oxygen atoms in total. The number of hydrogen-bond donors (Lipinski definition) is 1. The molecule has 142 valence electrons. The maximum absolute atomic E-state index is 12.7. The number of hydrazine groups is 1. The number of hydrogen-bond acceptors (Lipinski definition) is 5. The number of carbonyl (C=O) groups is 2. The Balaban J connectivity index is 1.72. The van der Waals surface area contributed by atoms with E-state index in [1.54, 1.807) is 12.2 Å². The number of nitrogens with zero attached hydrogens (tertiary/aromatic N) is 1. The predicted molar refractivity (Wildman–Crippen MR) is 115 cm³/mol. The van der Waals surface area contributed by atoms with Gasteiger partial charge in [-0.3, -0.25) is 15.0 Å². The summed E-state index contributed by atoms with van der Waals surface area (Å²) in [4.78, 5) is 25.4. The quantitative estimate of drug-likeness (QED) is 0.428. The molecule has 3 rings (SSSR count). The summed E-state index contributed by atoms with van der Waals surface area (Å²) in [5.41, 5.74) is 4.20. The number of amides is 2. The minimum atomic E-state index is -0.366. The lowest BCUT2D eigenvalue weighted by Crippen LogP contribution is -2.45. The van der Waals surface area contributed by atoms with Gasteiger partial charge in [-0.2, -0.15) is 5.01 Å². The molecule has 0 unspecified atom stereocenters. The zero-order valence-electron chi connectivity index (χ0n) is 15.0. The zero-order chi connectivity index (χ0) is 19.9. The molecule has 0 radical (unpaired) electrons. The van der Waals surface area contributed by atoms with Gasteiger partial charge in [0.05, 0.1) is 11.3 Å². The van der Waals surface area contributed by atoms with Gasteiger partial charge in [-0.25, -0.2) is 0 Å². The SMILES string of the molecule is C=CCOc1ccccc1/C=C1\SC(=S)N(NC(=O)Cc2ccccc2)C1=O. The van der Waals surface area contributed by atoms with Crippen molar-refractivity contribution in [2.75, 3.05) is 6.61 Å². The Morgan fingerprint density at radius 2 is 1.89 bits per heavy atom.